The molecular formula is C25H27FN6O4. The Morgan fingerprint density at radius 1 is 1.11 bits per heavy atom. The van der Waals surface area contributed by atoms with Gasteiger partial charge >= 0.3 is 12.1 Å². The number of aromatic nitrogens is 2. The third-order valence-corrected chi connectivity index (χ3v) is 5.67. The van der Waals surface area contributed by atoms with Gasteiger partial charge in [-0.2, -0.15) is 0 Å². The summed E-state index contributed by atoms with van der Waals surface area (Å²) in [6, 6.07) is 14.6. The third-order valence-electron chi connectivity index (χ3n) is 5.67. The Kier molecular flexibility index (Phi) is 7.91. The molecule has 0 unspecified atom stereocenters. The van der Waals surface area contributed by atoms with Gasteiger partial charge in [0.1, 0.15) is 24.5 Å². The number of hydrogen-bond donors (Lipinski definition) is 2. The Bertz CT molecular complexity index is 1210. The van der Waals surface area contributed by atoms with Crippen LogP contribution in [0, 0.1) is 5.82 Å². The summed E-state index contributed by atoms with van der Waals surface area (Å²) in [5, 5.41) is 5.10. The minimum atomic E-state index is -0.780. The molecule has 0 bridgehead atoms. The number of rotatable bonds is 7. The van der Waals surface area contributed by atoms with Crippen molar-refractivity contribution in [3.05, 3.63) is 72.3 Å². The summed E-state index contributed by atoms with van der Waals surface area (Å²) in [5.74, 6) is -0.176. The zero-order valence-electron chi connectivity index (χ0n) is 20.0. The minimum Gasteiger partial charge on any atom is -0.444 e. The van der Waals surface area contributed by atoms with Gasteiger partial charge in [-0.25, -0.2) is 23.9 Å². The Morgan fingerprint density at radius 3 is 2.64 bits per heavy atom. The number of nitrogens with one attached hydrogen (secondary N) is 2. The van der Waals surface area contributed by atoms with Crippen LogP contribution >= 0.6 is 0 Å². The fourth-order valence-corrected chi connectivity index (χ4v) is 3.65. The second-order valence-corrected chi connectivity index (χ2v) is 8.45. The van der Waals surface area contributed by atoms with E-state index >= 15 is 0 Å². The van der Waals surface area contributed by atoms with Crippen molar-refractivity contribution in [2.24, 2.45) is 0 Å². The normalized spacial score (nSPS) is 15.0. The van der Waals surface area contributed by atoms with Gasteiger partial charge in [0.15, 0.2) is 5.82 Å². The maximum absolute atomic E-state index is 14.5. The van der Waals surface area contributed by atoms with Crippen LogP contribution in [-0.2, 0) is 11.3 Å². The number of anilines is 2. The molecular weight excluding hydrogens is 467 g/mol. The number of carbonyl (C=O) groups is 2. The highest BCUT2D eigenvalue weighted by Crippen LogP contribution is 2.26. The maximum atomic E-state index is 14.5. The second-order valence-electron chi connectivity index (χ2n) is 8.45. The summed E-state index contributed by atoms with van der Waals surface area (Å²) in [5.41, 5.74) is 0.758. The largest absolute Gasteiger partial charge is 0.444 e. The van der Waals surface area contributed by atoms with Crippen molar-refractivity contribution in [3.8, 4) is 11.6 Å². The number of hydrogen-bond acceptors (Lipinski definition) is 7. The lowest BCUT2D eigenvalue weighted by molar-refractivity contribution is 0.155. The van der Waals surface area contributed by atoms with Crippen molar-refractivity contribution in [1.29, 1.82) is 0 Å². The first kappa shape index (κ1) is 24.9. The van der Waals surface area contributed by atoms with Crippen molar-refractivity contribution in [3.63, 3.8) is 0 Å². The van der Waals surface area contributed by atoms with Crippen molar-refractivity contribution >= 4 is 23.6 Å². The number of amides is 3. The van der Waals surface area contributed by atoms with E-state index in [1.165, 1.54) is 24.5 Å². The molecule has 0 saturated carbocycles. The molecule has 0 radical (unpaired) electrons. The molecule has 36 heavy (non-hydrogen) atoms. The van der Waals surface area contributed by atoms with Crippen molar-refractivity contribution in [2.45, 2.75) is 19.1 Å². The summed E-state index contributed by atoms with van der Waals surface area (Å²) >= 11 is 0. The van der Waals surface area contributed by atoms with Crippen LogP contribution in [0.4, 0.5) is 25.5 Å². The summed E-state index contributed by atoms with van der Waals surface area (Å²) in [7, 11) is 3.98. The van der Waals surface area contributed by atoms with Gasteiger partial charge < -0.3 is 19.3 Å². The number of ether oxygens (including phenoxy) is 2. The lowest BCUT2D eigenvalue weighted by Gasteiger charge is -2.20. The van der Waals surface area contributed by atoms with E-state index in [1.807, 2.05) is 44.4 Å². The molecule has 0 aliphatic carbocycles. The van der Waals surface area contributed by atoms with Gasteiger partial charge in [-0.15, -0.1) is 0 Å². The monoisotopic (exact) mass is 494 g/mol. The average Bonchev–Trinajstić information content (AvgIpc) is 3.37. The van der Waals surface area contributed by atoms with Gasteiger partial charge in [0.2, 0.25) is 5.88 Å². The third kappa shape index (κ3) is 6.66. The van der Waals surface area contributed by atoms with E-state index < -0.39 is 11.9 Å². The van der Waals surface area contributed by atoms with Gasteiger partial charge in [-0.3, -0.25) is 10.6 Å². The van der Waals surface area contributed by atoms with Crippen LogP contribution in [-0.4, -0.2) is 65.1 Å². The number of urea groups is 1. The van der Waals surface area contributed by atoms with Gasteiger partial charge in [0.05, 0.1) is 5.69 Å². The number of carbonyl (C=O) groups excluding carboxylic acids is 2. The van der Waals surface area contributed by atoms with E-state index in [0.717, 1.165) is 18.1 Å². The first-order valence-electron chi connectivity index (χ1n) is 11.4. The molecule has 3 aromatic rings. The van der Waals surface area contributed by atoms with Crippen LogP contribution in [0.25, 0.3) is 0 Å². The lowest BCUT2D eigenvalue weighted by Crippen LogP contribution is -2.37. The van der Waals surface area contributed by atoms with Crippen LogP contribution in [0.2, 0.25) is 0 Å². The zero-order chi connectivity index (χ0) is 25.5. The van der Waals surface area contributed by atoms with E-state index in [1.54, 1.807) is 4.90 Å². The summed E-state index contributed by atoms with van der Waals surface area (Å²) in [6.07, 6.45) is 1.37. The number of likely N-dealkylation sites (tertiary alicyclic amines) is 1. The maximum Gasteiger partial charge on any atom is 0.412 e. The number of halogens is 1. The van der Waals surface area contributed by atoms with Crippen LogP contribution in [0.15, 0.2) is 60.9 Å². The molecule has 1 aliphatic heterocycles. The minimum absolute atomic E-state index is 0.0577. The number of likely N-dealkylation sites (N-methyl/N-ethyl adjacent to an activating group) is 1. The van der Waals surface area contributed by atoms with E-state index in [4.69, 9.17) is 9.47 Å². The molecule has 2 heterocycles. The van der Waals surface area contributed by atoms with Crippen LogP contribution in [0.1, 0.15) is 12.0 Å². The first-order valence-corrected chi connectivity index (χ1v) is 11.4. The lowest BCUT2D eigenvalue weighted by atomic mass is 10.2. The summed E-state index contributed by atoms with van der Waals surface area (Å²) < 4.78 is 25.3. The molecule has 1 fully saturated rings. The first-order chi connectivity index (χ1) is 17.4. The molecule has 11 heteroatoms. The Balaban J connectivity index is 1.31. The Labute approximate surface area is 208 Å². The van der Waals surface area contributed by atoms with Gasteiger partial charge in [0.25, 0.3) is 0 Å². The molecule has 1 aliphatic rings. The smallest absolute Gasteiger partial charge is 0.412 e. The fourth-order valence-electron chi connectivity index (χ4n) is 3.65. The highest BCUT2D eigenvalue weighted by atomic mass is 19.1. The predicted molar refractivity (Wildman–Crippen MR) is 131 cm³/mol. The van der Waals surface area contributed by atoms with Crippen molar-refractivity contribution in [1.82, 2.24) is 19.8 Å². The summed E-state index contributed by atoms with van der Waals surface area (Å²) in [4.78, 5) is 36.4. The topological polar surface area (TPSA) is 109 Å². The molecule has 3 amide bonds. The fraction of sp³-hybridized carbons (Fsp3) is 0.280. The molecule has 2 N–H and O–H groups in total. The SMILES string of the molecule is CN(C)[C@H]1CCN(C(=O)Nc2cc(Oc3ccc(NC(=O)OCc4ccccc4)c(F)c3)ncn2)C1. The van der Waals surface area contributed by atoms with E-state index in [2.05, 4.69) is 25.5 Å². The van der Waals surface area contributed by atoms with E-state index in [-0.39, 0.29) is 35.8 Å². The van der Waals surface area contributed by atoms with Gasteiger partial charge in [0, 0.05) is 31.3 Å². The second kappa shape index (κ2) is 11.5. The van der Waals surface area contributed by atoms with Crippen LogP contribution < -0.4 is 15.4 Å². The summed E-state index contributed by atoms with van der Waals surface area (Å²) in [6.45, 7) is 1.35. The van der Waals surface area contributed by atoms with E-state index in [9.17, 15) is 14.0 Å². The van der Waals surface area contributed by atoms with Crippen molar-refractivity contribution in [2.75, 3.05) is 37.8 Å². The van der Waals surface area contributed by atoms with Crippen molar-refractivity contribution < 1.29 is 23.5 Å². The highest BCUT2D eigenvalue weighted by Gasteiger charge is 2.27. The quantitative estimate of drug-likeness (QED) is 0.503. The number of nitrogens with zero attached hydrogens (tertiary/aromatic N) is 4. The Morgan fingerprint density at radius 2 is 1.92 bits per heavy atom. The van der Waals surface area contributed by atoms with Gasteiger partial charge in [-0.05, 0) is 38.2 Å². The number of benzene rings is 2. The average molecular weight is 495 g/mol. The zero-order valence-corrected chi connectivity index (χ0v) is 20.0. The molecule has 1 atom stereocenters. The molecule has 1 saturated heterocycles. The van der Waals surface area contributed by atoms with Crippen LogP contribution in [0.3, 0.4) is 0 Å². The molecule has 0 spiro atoms. The molecule has 2 aromatic carbocycles. The van der Waals surface area contributed by atoms with Gasteiger partial charge in [-0.1, -0.05) is 30.3 Å². The molecule has 1 aromatic heterocycles. The van der Waals surface area contributed by atoms with E-state index in [0.29, 0.717) is 19.1 Å². The predicted octanol–water partition coefficient (Wildman–Crippen LogP) is 4.32. The highest BCUT2D eigenvalue weighted by molar-refractivity contribution is 5.88. The molecule has 4 rings (SSSR count). The van der Waals surface area contributed by atoms with Crippen LogP contribution in [0.5, 0.6) is 11.6 Å². The molecule has 10 nitrogen and oxygen atoms in total. The molecule has 188 valence electrons. The Hall–Kier alpha value is -4.25. The standard InChI is InChI=1S/C25H27FN6O4/c1-31(2)18-10-11-32(14-18)24(33)30-22-13-23(28-16-27-22)36-19-8-9-21(20(26)12-19)29-25(34)35-15-17-6-4-3-5-7-17/h3-9,12-13,16,18H,10-11,14-15H2,1-2H3,(H,29,34)(H,27,28,30,33)/t18-/m0/s1.